The minimum absolute atomic E-state index is 0.00506. The minimum atomic E-state index is -0.00506. The zero-order valence-corrected chi connectivity index (χ0v) is 14.4. The Hall–Kier alpha value is -2.16. The van der Waals surface area contributed by atoms with Crippen LogP contribution in [0.2, 0.25) is 0 Å². The van der Waals surface area contributed by atoms with Gasteiger partial charge in [-0.3, -0.25) is 4.79 Å². The molecule has 1 heterocycles. The van der Waals surface area contributed by atoms with Gasteiger partial charge in [-0.25, -0.2) is 0 Å². The van der Waals surface area contributed by atoms with Crippen LogP contribution in [0.5, 0.6) is 0 Å². The topological polar surface area (TPSA) is 33.0 Å². The highest BCUT2D eigenvalue weighted by Gasteiger charge is 2.10. The van der Waals surface area contributed by atoms with Crippen molar-refractivity contribution in [3.8, 4) is 0 Å². The van der Waals surface area contributed by atoms with E-state index in [1.807, 2.05) is 29.1 Å². The highest BCUT2D eigenvalue weighted by molar-refractivity contribution is 5.89. The molecule has 1 atom stereocenters. The summed E-state index contributed by atoms with van der Waals surface area (Å²) in [6.45, 7) is 6.90. The average molecular weight is 311 g/mol. The normalized spacial score (nSPS) is 12.0. The van der Waals surface area contributed by atoms with E-state index in [0.29, 0.717) is 12.5 Å². The average Bonchev–Trinajstić information content (AvgIpc) is 2.57. The molecule has 0 bridgehead atoms. The van der Waals surface area contributed by atoms with Crippen molar-refractivity contribution < 1.29 is 9.36 Å². The standard InChI is InChI=1S/C20H26N2O/c1-4-6-17-11-13-22(14-12-17)15-20(23)21-19-9-7-18(8-10-19)16(3)5-2/h7-14,16H,4-6,15H2,1-3H3/p+1/t16-/m1/s1. The Bertz CT molecular complexity index is 617. The molecular formula is C20H27N2O+. The Labute approximate surface area is 139 Å². The van der Waals surface area contributed by atoms with Gasteiger partial charge in [0.05, 0.1) is 0 Å². The molecule has 0 aliphatic heterocycles. The fourth-order valence-corrected chi connectivity index (χ4v) is 2.55. The number of amides is 1. The summed E-state index contributed by atoms with van der Waals surface area (Å²) < 4.78 is 1.90. The number of aromatic nitrogens is 1. The van der Waals surface area contributed by atoms with Crippen molar-refractivity contribution >= 4 is 11.6 Å². The Morgan fingerprint density at radius 1 is 1.09 bits per heavy atom. The molecule has 0 aliphatic rings. The molecule has 23 heavy (non-hydrogen) atoms. The Morgan fingerprint density at radius 3 is 2.30 bits per heavy atom. The van der Waals surface area contributed by atoms with Crippen LogP contribution in [-0.2, 0) is 17.8 Å². The number of rotatable bonds is 7. The molecule has 122 valence electrons. The maximum atomic E-state index is 12.1. The summed E-state index contributed by atoms with van der Waals surface area (Å²) in [6, 6.07) is 12.3. The van der Waals surface area contributed by atoms with Gasteiger partial charge in [0, 0.05) is 17.8 Å². The first-order valence-electron chi connectivity index (χ1n) is 8.50. The second-order valence-electron chi connectivity index (χ2n) is 6.11. The monoisotopic (exact) mass is 311 g/mol. The Balaban J connectivity index is 1.91. The van der Waals surface area contributed by atoms with Gasteiger partial charge in [-0.1, -0.05) is 39.3 Å². The maximum absolute atomic E-state index is 12.1. The number of benzene rings is 1. The van der Waals surface area contributed by atoms with Crippen molar-refractivity contribution in [3.05, 3.63) is 59.9 Å². The van der Waals surface area contributed by atoms with Crippen LogP contribution in [0, 0.1) is 0 Å². The van der Waals surface area contributed by atoms with E-state index in [4.69, 9.17) is 0 Å². The summed E-state index contributed by atoms with van der Waals surface area (Å²) in [7, 11) is 0. The van der Waals surface area contributed by atoms with Crippen LogP contribution in [0.25, 0.3) is 0 Å². The van der Waals surface area contributed by atoms with Crippen LogP contribution >= 0.6 is 0 Å². The van der Waals surface area contributed by atoms with Gasteiger partial charge < -0.3 is 5.32 Å². The molecule has 1 N–H and O–H groups in total. The molecule has 0 aliphatic carbocycles. The van der Waals surface area contributed by atoms with E-state index in [1.54, 1.807) is 0 Å². The number of hydrogen-bond donors (Lipinski definition) is 1. The molecular weight excluding hydrogens is 284 g/mol. The third-order valence-electron chi connectivity index (χ3n) is 4.20. The van der Waals surface area contributed by atoms with Gasteiger partial charge >= 0.3 is 0 Å². The maximum Gasteiger partial charge on any atom is 0.290 e. The molecule has 1 amide bonds. The van der Waals surface area contributed by atoms with E-state index in [9.17, 15) is 4.79 Å². The van der Waals surface area contributed by atoms with Crippen LogP contribution in [0.1, 0.15) is 50.7 Å². The van der Waals surface area contributed by atoms with Crippen molar-refractivity contribution in [1.82, 2.24) is 0 Å². The Kier molecular flexibility index (Phi) is 6.33. The third-order valence-corrected chi connectivity index (χ3v) is 4.20. The number of carbonyl (C=O) groups is 1. The van der Waals surface area contributed by atoms with E-state index in [0.717, 1.165) is 24.9 Å². The van der Waals surface area contributed by atoms with Crippen LogP contribution in [0.15, 0.2) is 48.8 Å². The zero-order valence-electron chi connectivity index (χ0n) is 14.4. The number of pyridine rings is 1. The summed E-state index contributed by atoms with van der Waals surface area (Å²) in [6.07, 6.45) is 7.27. The number of aryl methyl sites for hydroxylation is 1. The second kappa shape index (κ2) is 8.47. The smallest absolute Gasteiger partial charge is 0.290 e. The van der Waals surface area contributed by atoms with E-state index in [1.165, 1.54) is 11.1 Å². The summed E-state index contributed by atoms with van der Waals surface area (Å²) in [5, 5.41) is 2.95. The first-order valence-corrected chi connectivity index (χ1v) is 8.50. The van der Waals surface area contributed by atoms with Crippen LogP contribution < -0.4 is 9.88 Å². The van der Waals surface area contributed by atoms with Crippen molar-refractivity contribution in [3.63, 3.8) is 0 Å². The summed E-state index contributed by atoms with van der Waals surface area (Å²) in [5.74, 6) is 0.548. The van der Waals surface area contributed by atoms with Crippen LogP contribution in [0.3, 0.4) is 0 Å². The lowest BCUT2D eigenvalue weighted by molar-refractivity contribution is -0.684. The number of nitrogens with zero attached hydrogens (tertiary/aromatic N) is 1. The molecule has 3 heteroatoms. The highest BCUT2D eigenvalue weighted by atomic mass is 16.1. The van der Waals surface area contributed by atoms with Gasteiger partial charge in [0.25, 0.3) is 5.91 Å². The van der Waals surface area contributed by atoms with Crippen molar-refractivity contribution in [2.24, 2.45) is 0 Å². The summed E-state index contributed by atoms with van der Waals surface area (Å²) in [4.78, 5) is 12.1. The number of nitrogens with one attached hydrogen (secondary N) is 1. The molecule has 0 saturated carbocycles. The predicted octanol–water partition coefficient (Wildman–Crippen LogP) is 4.08. The fraction of sp³-hybridized carbons (Fsp3) is 0.400. The van der Waals surface area contributed by atoms with Gasteiger partial charge in [0.1, 0.15) is 0 Å². The zero-order chi connectivity index (χ0) is 16.7. The molecule has 3 nitrogen and oxygen atoms in total. The molecule has 1 aromatic heterocycles. The first kappa shape index (κ1) is 17.2. The van der Waals surface area contributed by atoms with Crippen LogP contribution in [0.4, 0.5) is 5.69 Å². The molecule has 2 rings (SSSR count). The SMILES string of the molecule is CCCc1cc[n+](CC(=O)Nc2ccc([C@H](C)CC)cc2)cc1. The Morgan fingerprint density at radius 2 is 1.74 bits per heavy atom. The lowest BCUT2D eigenvalue weighted by Gasteiger charge is -2.10. The summed E-state index contributed by atoms with van der Waals surface area (Å²) >= 11 is 0. The molecule has 0 spiro atoms. The largest absolute Gasteiger partial charge is 0.321 e. The second-order valence-corrected chi connectivity index (χ2v) is 6.11. The molecule has 1 aromatic carbocycles. The van der Waals surface area contributed by atoms with Gasteiger partial charge in [-0.2, -0.15) is 4.57 Å². The highest BCUT2D eigenvalue weighted by Crippen LogP contribution is 2.20. The predicted molar refractivity (Wildman–Crippen MR) is 94.4 cm³/mol. The van der Waals surface area contributed by atoms with Gasteiger partial charge in [0.15, 0.2) is 12.4 Å². The van der Waals surface area contributed by atoms with Crippen molar-refractivity contribution in [2.45, 2.75) is 52.5 Å². The fourth-order valence-electron chi connectivity index (χ4n) is 2.55. The quantitative estimate of drug-likeness (QED) is 0.768. The molecule has 0 unspecified atom stereocenters. The van der Waals surface area contributed by atoms with Gasteiger partial charge in [-0.15, -0.1) is 0 Å². The number of carbonyl (C=O) groups excluding carboxylic acids is 1. The van der Waals surface area contributed by atoms with E-state index in [-0.39, 0.29) is 5.91 Å². The van der Waals surface area contributed by atoms with Gasteiger partial charge in [-0.05, 0) is 42.0 Å². The van der Waals surface area contributed by atoms with E-state index >= 15 is 0 Å². The van der Waals surface area contributed by atoms with Crippen LogP contribution in [-0.4, -0.2) is 5.91 Å². The minimum Gasteiger partial charge on any atom is -0.321 e. The van der Waals surface area contributed by atoms with E-state index in [2.05, 4.69) is 50.4 Å². The molecule has 2 aromatic rings. The number of hydrogen-bond acceptors (Lipinski definition) is 1. The van der Waals surface area contributed by atoms with E-state index < -0.39 is 0 Å². The summed E-state index contributed by atoms with van der Waals surface area (Å²) in [5.41, 5.74) is 3.47. The van der Waals surface area contributed by atoms with Crippen molar-refractivity contribution in [2.75, 3.05) is 5.32 Å². The number of anilines is 1. The lowest BCUT2D eigenvalue weighted by Crippen LogP contribution is -2.39. The molecule has 0 fully saturated rings. The first-order chi connectivity index (χ1) is 11.1. The van der Waals surface area contributed by atoms with Crippen molar-refractivity contribution in [1.29, 1.82) is 0 Å². The lowest BCUT2D eigenvalue weighted by atomic mass is 9.99. The third kappa shape index (κ3) is 5.20. The molecule has 0 saturated heterocycles. The van der Waals surface area contributed by atoms with Gasteiger partial charge in [0.2, 0.25) is 6.54 Å². The molecule has 0 radical (unpaired) electrons.